The van der Waals surface area contributed by atoms with E-state index in [-0.39, 0.29) is 36.0 Å². The standard InChI is InChI=1S/C30H45N3O4/c1-22(15-23-9-6-5-7-10-23)27(36)32-14-13-30(37,28(2,3)18-32)19-33-21-31-25(16-26(33)35)24-11-8-12-29(4,17-24)20-34/h8,11-12,16,21-23,34,37H,5-7,9-10,13-15,17-20H2,1-4H3/t22-,29?,30?/m1/s1. The highest BCUT2D eigenvalue weighted by Crippen LogP contribution is 2.41. The van der Waals surface area contributed by atoms with E-state index >= 15 is 0 Å². The molecule has 7 heteroatoms. The average Bonchev–Trinajstić information content (AvgIpc) is 2.87. The number of amides is 1. The fourth-order valence-corrected chi connectivity index (χ4v) is 6.41. The van der Waals surface area contributed by atoms with Gasteiger partial charge in [0, 0.05) is 35.9 Å². The topological polar surface area (TPSA) is 95.7 Å². The van der Waals surface area contributed by atoms with Crippen LogP contribution in [0, 0.1) is 22.7 Å². The quantitative estimate of drug-likeness (QED) is 0.573. The van der Waals surface area contributed by atoms with Crippen LogP contribution in [0.25, 0.3) is 5.57 Å². The molecular weight excluding hydrogens is 466 g/mol. The van der Waals surface area contributed by atoms with Gasteiger partial charge in [0.05, 0.1) is 30.8 Å². The van der Waals surface area contributed by atoms with Gasteiger partial charge in [-0.1, -0.05) is 78.0 Å². The van der Waals surface area contributed by atoms with Crippen LogP contribution >= 0.6 is 0 Å². The Balaban J connectivity index is 1.42. The Bertz CT molecular complexity index is 1100. The monoisotopic (exact) mass is 511 g/mol. The minimum absolute atomic E-state index is 0.00100. The molecule has 1 aromatic rings. The summed E-state index contributed by atoms with van der Waals surface area (Å²) in [5, 5.41) is 21.4. The van der Waals surface area contributed by atoms with Gasteiger partial charge in [-0.3, -0.25) is 14.2 Å². The van der Waals surface area contributed by atoms with E-state index < -0.39 is 11.0 Å². The maximum atomic E-state index is 13.3. The molecule has 1 aromatic heterocycles. The molecule has 1 aliphatic heterocycles. The summed E-state index contributed by atoms with van der Waals surface area (Å²) >= 11 is 0. The maximum absolute atomic E-state index is 13.3. The lowest BCUT2D eigenvalue weighted by Gasteiger charge is -2.50. The third-order valence-electron chi connectivity index (χ3n) is 9.18. The van der Waals surface area contributed by atoms with E-state index in [4.69, 9.17) is 0 Å². The van der Waals surface area contributed by atoms with Crippen molar-refractivity contribution in [3.63, 3.8) is 0 Å². The van der Waals surface area contributed by atoms with Crippen LogP contribution in [0.4, 0.5) is 0 Å². The van der Waals surface area contributed by atoms with Crippen molar-refractivity contribution in [2.75, 3.05) is 19.7 Å². The lowest BCUT2D eigenvalue weighted by molar-refractivity contribution is -0.157. The van der Waals surface area contributed by atoms with Crippen LogP contribution in [-0.2, 0) is 11.3 Å². The second kappa shape index (κ2) is 10.9. The Morgan fingerprint density at radius 1 is 1.22 bits per heavy atom. The molecule has 1 saturated carbocycles. The number of rotatable bonds is 7. The molecular formula is C30H45N3O4. The number of allylic oxidation sites excluding steroid dienone is 3. The van der Waals surface area contributed by atoms with Crippen LogP contribution in [0.5, 0.6) is 0 Å². The number of likely N-dealkylation sites (tertiary alicyclic amines) is 1. The first-order valence-corrected chi connectivity index (χ1v) is 14.0. The zero-order chi connectivity index (χ0) is 26.8. The molecule has 2 aliphatic carbocycles. The van der Waals surface area contributed by atoms with Crippen LogP contribution in [0.1, 0.15) is 84.8 Å². The predicted octanol–water partition coefficient (Wildman–Crippen LogP) is 4.18. The molecule has 204 valence electrons. The molecule has 4 rings (SSSR count). The second-order valence-corrected chi connectivity index (χ2v) is 12.8. The molecule has 0 spiro atoms. The third-order valence-corrected chi connectivity index (χ3v) is 9.18. The molecule has 2 fully saturated rings. The van der Waals surface area contributed by atoms with Crippen molar-refractivity contribution < 1.29 is 15.0 Å². The molecule has 0 aromatic carbocycles. The summed E-state index contributed by atoms with van der Waals surface area (Å²) in [5.74, 6) is 0.845. The number of hydrogen-bond acceptors (Lipinski definition) is 5. The zero-order valence-electron chi connectivity index (χ0n) is 23.1. The molecule has 0 radical (unpaired) electrons. The normalized spacial score (nSPS) is 29.1. The fourth-order valence-electron chi connectivity index (χ4n) is 6.41. The number of aliphatic hydroxyl groups excluding tert-OH is 1. The first kappa shape index (κ1) is 27.8. The molecule has 7 nitrogen and oxygen atoms in total. The van der Waals surface area contributed by atoms with Gasteiger partial charge in [0.2, 0.25) is 5.91 Å². The Morgan fingerprint density at radius 3 is 2.59 bits per heavy atom. The first-order valence-electron chi connectivity index (χ1n) is 14.0. The molecule has 37 heavy (non-hydrogen) atoms. The van der Waals surface area contributed by atoms with E-state index in [1.165, 1.54) is 49.1 Å². The van der Waals surface area contributed by atoms with Gasteiger partial charge in [-0.25, -0.2) is 4.98 Å². The van der Waals surface area contributed by atoms with Gasteiger partial charge in [0.25, 0.3) is 5.56 Å². The van der Waals surface area contributed by atoms with Crippen molar-refractivity contribution >= 4 is 11.5 Å². The van der Waals surface area contributed by atoms with Crippen molar-refractivity contribution in [2.24, 2.45) is 22.7 Å². The van der Waals surface area contributed by atoms with Crippen LogP contribution in [0.2, 0.25) is 0 Å². The van der Waals surface area contributed by atoms with E-state index in [1.807, 2.05) is 43.9 Å². The molecule has 3 atom stereocenters. The SMILES string of the molecule is C[C@H](CC1CCCCC1)C(=O)N1CCC(O)(Cn2cnc(C3=CC=CC(C)(CO)C3)cc2=O)C(C)(C)C1. The highest BCUT2D eigenvalue weighted by atomic mass is 16.3. The van der Waals surface area contributed by atoms with Crippen LogP contribution < -0.4 is 5.56 Å². The van der Waals surface area contributed by atoms with Crippen molar-refractivity contribution in [1.29, 1.82) is 0 Å². The highest BCUT2D eigenvalue weighted by molar-refractivity contribution is 5.78. The Morgan fingerprint density at radius 2 is 1.95 bits per heavy atom. The van der Waals surface area contributed by atoms with Gasteiger partial charge in [0.15, 0.2) is 0 Å². The van der Waals surface area contributed by atoms with Crippen molar-refractivity contribution in [3.05, 3.63) is 46.7 Å². The molecule has 0 bridgehead atoms. The largest absolute Gasteiger partial charge is 0.395 e. The summed E-state index contributed by atoms with van der Waals surface area (Å²) in [4.78, 5) is 32.8. The fraction of sp³-hybridized carbons (Fsp3) is 0.700. The average molecular weight is 512 g/mol. The number of carbonyl (C=O) groups excluding carboxylic acids is 1. The van der Waals surface area contributed by atoms with Gasteiger partial charge in [0.1, 0.15) is 0 Å². The minimum atomic E-state index is -1.13. The number of hydrogen-bond donors (Lipinski definition) is 2. The molecule has 1 amide bonds. The highest BCUT2D eigenvalue weighted by Gasteiger charge is 2.49. The van der Waals surface area contributed by atoms with Gasteiger partial charge >= 0.3 is 0 Å². The molecule has 2 N–H and O–H groups in total. The molecule has 2 unspecified atom stereocenters. The first-order chi connectivity index (χ1) is 17.5. The summed E-state index contributed by atoms with van der Waals surface area (Å²) in [6.45, 7) is 9.13. The Labute approximate surface area is 221 Å². The van der Waals surface area contributed by atoms with Crippen LogP contribution in [0.3, 0.4) is 0 Å². The van der Waals surface area contributed by atoms with E-state index in [0.717, 1.165) is 12.0 Å². The Hall–Kier alpha value is -2.25. The van der Waals surface area contributed by atoms with Crippen molar-refractivity contribution in [1.82, 2.24) is 14.5 Å². The number of aromatic nitrogens is 2. The number of piperidine rings is 1. The third kappa shape index (κ3) is 6.09. The number of aliphatic hydroxyl groups is 2. The van der Waals surface area contributed by atoms with E-state index in [1.54, 1.807) is 0 Å². The summed E-state index contributed by atoms with van der Waals surface area (Å²) in [6, 6.07) is 1.52. The lowest BCUT2D eigenvalue weighted by atomic mass is 9.69. The zero-order valence-corrected chi connectivity index (χ0v) is 23.1. The van der Waals surface area contributed by atoms with Gasteiger partial charge in [-0.2, -0.15) is 0 Å². The molecule has 3 aliphatic rings. The molecule has 2 heterocycles. The summed E-state index contributed by atoms with van der Waals surface area (Å²) < 4.78 is 1.49. The maximum Gasteiger partial charge on any atom is 0.253 e. The Kier molecular flexibility index (Phi) is 8.15. The van der Waals surface area contributed by atoms with Gasteiger partial charge in [-0.15, -0.1) is 0 Å². The van der Waals surface area contributed by atoms with Crippen molar-refractivity contribution in [2.45, 2.75) is 91.2 Å². The summed E-state index contributed by atoms with van der Waals surface area (Å²) in [5.41, 5.74) is -0.774. The minimum Gasteiger partial charge on any atom is -0.395 e. The molecule has 1 saturated heterocycles. The number of carbonyl (C=O) groups is 1. The van der Waals surface area contributed by atoms with E-state index in [9.17, 15) is 19.8 Å². The lowest BCUT2D eigenvalue weighted by Crippen LogP contribution is -2.61. The van der Waals surface area contributed by atoms with Gasteiger partial charge < -0.3 is 15.1 Å². The van der Waals surface area contributed by atoms with Crippen LogP contribution in [0.15, 0.2) is 35.4 Å². The van der Waals surface area contributed by atoms with E-state index in [2.05, 4.69) is 11.9 Å². The van der Waals surface area contributed by atoms with Gasteiger partial charge in [-0.05, 0) is 30.8 Å². The van der Waals surface area contributed by atoms with Crippen molar-refractivity contribution in [3.8, 4) is 0 Å². The number of nitrogens with zero attached hydrogens (tertiary/aromatic N) is 3. The predicted molar refractivity (Wildman–Crippen MR) is 146 cm³/mol. The smallest absolute Gasteiger partial charge is 0.253 e. The van der Waals surface area contributed by atoms with Crippen LogP contribution in [-0.4, -0.2) is 55.9 Å². The second-order valence-electron chi connectivity index (χ2n) is 12.8. The summed E-state index contributed by atoms with van der Waals surface area (Å²) in [7, 11) is 0. The summed E-state index contributed by atoms with van der Waals surface area (Å²) in [6.07, 6.45) is 15.7. The van der Waals surface area contributed by atoms with E-state index in [0.29, 0.717) is 37.5 Å².